The van der Waals surface area contributed by atoms with Crippen molar-refractivity contribution >= 4 is 29.5 Å². The molecule has 0 aliphatic heterocycles. The summed E-state index contributed by atoms with van der Waals surface area (Å²) in [4.78, 5) is 53.6. The summed E-state index contributed by atoms with van der Waals surface area (Å²) in [5, 5.41) is 5.44. The van der Waals surface area contributed by atoms with Crippen LogP contribution in [-0.2, 0) is 19.1 Å². The van der Waals surface area contributed by atoms with Crippen molar-refractivity contribution in [1.29, 1.82) is 0 Å². The van der Waals surface area contributed by atoms with Crippen LogP contribution in [0.5, 0.6) is 0 Å². The quantitative estimate of drug-likeness (QED) is 0.397. The number of terminal acetylenes is 1. The monoisotopic (exact) mass is 534 g/mol. The number of para-hydroxylation sites is 1. The van der Waals surface area contributed by atoms with Crippen molar-refractivity contribution in [1.82, 2.24) is 10.2 Å². The number of primary amides is 1. The van der Waals surface area contributed by atoms with Crippen molar-refractivity contribution in [2.45, 2.75) is 72.1 Å². The number of aryl methyl sites for hydroxylation is 2. The largest absolute Gasteiger partial charge is 0.444 e. The number of hydrogen-bond donors (Lipinski definition) is 3. The number of nitrogens with zero attached hydrogens (tertiary/aromatic N) is 1. The van der Waals surface area contributed by atoms with E-state index >= 15 is 0 Å². The molecule has 0 saturated heterocycles. The Morgan fingerprint density at radius 1 is 1.05 bits per heavy atom. The van der Waals surface area contributed by atoms with Gasteiger partial charge in [0.15, 0.2) is 0 Å². The lowest BCUT2D eigenvalue weighted by Crippen LogP contribution is -2.53. The molecule has 2 aromatic rings. The second kappa shape index (κ2) is 13.5. The fourth-order valence-corrected chi connectivity index (χ4v) is 4.10. The van der Waals surface area contributed by atoms with E-state index in [4.69, 9.17) is 16.9 Å². The maximum absolute atomic E-state index is 13.9. The summed E-state index contributed by atoms with van der Waals surface area (Å²) >= 11 is 0. The number of benzene rings is 2. The van der Waals surface area contributed by atoms with Crippen molar-refractivity contribution in [2.75, 3.05) is 11.9 Å². The molecule has 4 N–H and O–H groups in total. The van der Waals surface area contributed by atoms with Gasteiger partial charge in [-0.3, -0.25) is 14.4 Å². The molecule has 2 rings (SSSR count). The highest BCUT2D eigenvalue weighted by molar-refractivity contribution is 6.00. The Labute approximate surface area is 230 Å². The Kier molecular flexibility index (Phi) is 10.7. The zero-order valence-corrected chi connectivity index (χ0v) is 23.5. The maximum Gasteiger partial charge on any atom is 0.408 e. The lowest BCUT2D eigenvalue weighted by atomic mass is 9.99. The summed E-state index contributed by atoms with van der Waals surface area (Å²) in [5.41, 5.74) is 8.06. The van der Waals surface area contributed by atoms with Crippen LogP contribution in [0.3, 0.4) is 0 Å². The van der Waals surface area contributed by atoms with Crippen LogP contribution in [0.25, 0.3) is 0 Å². The van der Waals surface area contributed by atoms with Gasteiger partial charge in [-0.05, 0) is 69.9 Å². The minimum Gasteiger partial charge on any atom is -0.444 e. The van der Waals surface area contributed by atoms with E-state index in [-0.39, 0.29) is 6.54 Å². The molecule has 2 atom stereocenters. The first-order valence-electron chi connectivity index (χ1n) is 12.8. The van der Waals surface area contributed by atoms with Crippen LogP contribution in [-0.4, -0.2) is 46.9 Å². The number of anilines is 1. The van der Waals surface area contributed by atoms with Gasteiger partial charge in [-0.15, -0.1) is 6.42 Å². The molecule has 0 aliphatic carbocycles. The molecule has 9 nitrogen and oxygen atoms in total. The standard InChI is InChI=1S/C30H38N4O5/c1-8-17-34(28(37)23(18-24(31)35)32-29(38)39-30(5,6)7)26(22-15-13-21(9-2)14-16-22)27(36)33-25-19(3)11-10-12-20(25)4/h2,10-16,23,26H,8,17-18H2,1,3-7H3,(H2,31,35)(H,32,38)(H,33,36). The number of rotatable bonds is 10. The molecule has 0 aliphatic rings. The molecule has 0 radical (unpaired) electrons. The molecule has 2 unspecified atom stereocenters. The lowest BCUT2D eigenvalue weighted by Gasteiger charge is -2.34. The van der Waals surface area contributed by atoms with E-state index in [1.54, 1.807) is 45.0 Å². The van der Waals surface area contributed by atoms with Crippen molar-refractivity contribution in [2.24, 2.45) is 5.73 Å². The molecule has 4 amide bonds. The Morgan fingerprint density at radius 2 is 1.64 bits per heavy atom. The highest BCUT2D eigenvalue weighted by Gasteiger charge is 2.37. The number of carbonyl (C=O) groups is 4. The Balaban J connectivity index is 2.56. The zero-order chi connectivity index (χ0) is 29.3. The number of nitrogens with one attached hydrogen (secondary N) is 2. The summed E-state index contributed by atoms with van der Waals surface area (Å²) in [6.07, 6.45) is 4.66. The third-order valence-corrected chi connectivity index (χ3v) is 5.82. The normalized spacial score (nSPS) is 12.4. The number of carbonyl (C=O) groups excluding carboxylic acids is 4. The molecule has 0 fully saturated rings. The SMILES string of the molecule is C#Cc1ccc(C(C(=O)Nc2c(C)cccc2C)N(CCC)C(=O)C(CC(N)=O)NC(=O)OC(C)(C)C)cc1. The fraction of sp³-hybridized carbons (Fsp3) is 0.400. The molecule has 0 bridgehead atoms. The summed E-state index contributed by atoms with van der Waals surface area (Å²) in [6, 6.07) is 9.94. The van der Waals surface area contributed by atoms with Crippen LogP contribution in [0.1, 0.15) is 68.8 Å². The van der Waals surface area contributed by atoms with Crippen molar-refractivity contribution in [3.63, 3.8) is 0 Å². The fourth-order valence-electron chi connectivity index (χ4n) is 4.10. The zero-order valence-electron chi connectivity index (χ0n) is 23.5. The van der Waals surface area contributed by atoms with Gasteiger partial charge in [-0.1, -0.05) is 43.2 Å². The average Bonchev–Trinajstić information content (AvgIpc) is 2.84. The van der Waals surface area contributed by atoms with Crippen LogP contribution in [0.4, 0.5) is 10.5 Å². The van der Waals surface area contributed by atoms with Crippen molar-refractivity contribution in [3.8, 4) is 12.3 Å². The van der Waals surface area contributed by atoms with Gasteiger partial charge in [0.05, 0.1) is 6.42 Å². The number of amides is 4. The molecule has 208 valence electrons. The van der Waals surface area contributed by atoms with E-state index in [1.165, 1.54) is 4.90 Å². The van der Waals surface area contributed by atoms with E-state index in [0.717, 1.165) is 11.1 Å². The first kappa shape index (κ1) is 30.9. The molecule has 2 aromatic carbocycles. The van der Waals surface area contributed by atoms with Gasteiger partial charge in [0, 0.05) is 17.8 Å². The van der Waals surface area contributed by atoms with Crippen molar-refractivity contribution < 1.29 is 23.9 Å². The summed E-state index contributed by atoms with van der Waals surface area (Å²) in [5.74, 6) is 0.635. The average molecular weight is 535 g/mol. The van der Waals surface area contributed by atoms with E-state index < -0.39 is 47.9 Å². The minimum atomic E-state index is -1.34. The van der Waals surface area contributed by atoms with E-state index in [0.29, 0.717) is 23.2 Å². The molecule has 9 heteroatoms. The summed E-state index contributed by atoms with van der Waals surface area (Å²) in [6.45, 7) is 10.8. The maximum atomic E-state index is 13.9. The molecule has 0 heterocycles. The molecule has 0 saturated carbocycles. The first-order chi connectivity index (χ1) is 18.3. The van der Waals surface area contributed by atoms with Crippen LogP contribution in [0.15, 0.2) is 42.5 Å². The minimum absolute atomic E-state index is 0.159. The smallest absolute Gasteiger partial charge is 0.408 e. The first-order valence-corrected chi connectivity index (χ1v) is 12.8. The van der Waals surface area contributed by atoms with Crippen LogP contribution < -0.4 is 16.4 Å². The van der Waals surface area contributed by atoms with E-state index in [2.05, 4.69) is 16.6 Å². The molecule has 39 heavy (non-hydrogen) atoms. The lowest BCUT2D eigenvalue weighted by molar-refractivity contribution is -0.141. The Bertz CT molecular complexity index is 1220. The Morgan fingerprint density at radius 3 is 2.13 bits per heavy atom. The molecule has 0 spiro atoms. The number of nitrogens with two attached hydrogens (primary N) is 1. The molecular weight excluding hydrogens is 496 g/mol. The molecular formula is C30H38N4O5. The summed E-state index contributed by atoms with van der Waals surface area (Å²) < 4.78 is 5.29. The van der Waals surface area contributed by atoms with Crippen LogP contribution in [0.2, 0.25) is 0 Å². The number of ether oxygens (including phenoxy) is 1. The van der Waals surface area contributed by atoms with Gasteiger partial charge in [0.25, 0.3) is 5.91 Å². The van der Waals surface area contributed by atoms with Gasteiger partial charge < -0.3 is 26.0 Å². The van der Waals surface area contributed by atoms with Gasteiger partial charge in [0.2, 0.25) is 11.8 Å². The third-order valence-electron chi connectivity index (χ3n) is 5.82. The van der Waals surface area contributed by atoms with E-state index in [9.17, 15) is 19.2 Å². The highest BCUT2D eigenvalue weighted by Crippen LogP contribution is 2.27. The third kappa shape index (κ3) is 8.88. The number of hydrogen-bond acceptors (Lipinski definition) is 5. The summed E-state index contributed by atoms with van der Waals surface area (Å²) in [7, 11) is 0. The predicted molar refractivity (Wildman–Crippen MR) is 151 cm³/mol. The second-order valence-electron chi connectivity index (χ2n) is 10.3. The second-order valence-corrected chi connectivity index (χ2v) is 10.3. The topological polar surface area (TPSA) is 131 Å². The van der Waals surface area contributed by atoms with Crippen molar-refractivity contribution in [3.05, 3.63) is 64.7 Å². The highest BCUT2D eigenvalue weighted by atomic mass is 16.6. The number of alkyl carbamates (subject to hydrolysis) is 1. The van der Waals surface area contributed by atoms with Crippen LogP contribution in [0, 0.1) is 26.2 Å². The van der Waals surface area contributed by atoms with Gasteiger partial charge in [-0.2, -0.15) is 0 Å². The predicted octanol–water partition coefficient (Wildman–Crippen LogP) is 3.97. The molecule has 0 aromatic heterocycles. The Hall–Kier alpha value is -4.32. The van der Waals surface area contributed by atoms with Gasteiger partial charge >= 0.3 is 6.09 Å². The van der Waals surface area contributed by atoms with Gasteiger partial charge in [-0.25, -0.2) is 4.79 Å². The van der Waals surface area contributed by atoms with Gasteiger partial charge in [0.1, 0.15) is 17.7 Å². The van der Waals surface area contributed by atoms with Crippen LogP contribution >= 0.6 is 0 Å². The van der Waals surface area contributed by atoms with E-state index in [1.807, 2.05) is 39.0 Å².